The number of benzene rings is 1. The molecule has 1 heterocycles. The molecule has 0 aromatic heterocycles. The third-order valence-electron chi connectivity index (χ3n) is 5.02. The summed E-state index contributed by atoms with van der Waals surface area (Å²) in [7, 11) is 0. The smallest absolute Gasteiger partial charge is 0.0638 e. The Morgan fingerprint density at radius 3 is 2.91 bits per heavy atom. The second kappa shape index (κ2) is 8.34. The Balaban J connectivity index is 1.46. The van der Waals surface area contributed by atoms with Crippen molar-refractivity contribution in [3.8, 4) is 0 Å². The molecule has 2 fully saturated rings. The highest BCUT2D eigenvalue weighted by Crippen LogP contribution is 2.35. The van der Waals surface area contributed by atoms with Crippen LogP contribution in [0.2, 0.25) is 0 Å². The largest absolute Gasteiger partial charge is 0.377 e. The quantitative estimate of drug-likeness (QED) is 0.788. The summed E-state index contributed by atoms with van der Waals surface area (Å²) in [6.07, 6.45) is 8.69. The normalized spacial score (nSPS) is 32.2. The topological polar surface area (TPSA) is 33.3 Å². The van der Waals surface area contributed by atoms with Crippen LogP contribution in [0.1, 0.15) is 43.6 Å². The number of rotatable bonds is 6. The van der Waals surface area contributed by atoms with Crippen LogP contribution in [-0.2, 0) is 4.74 Å². The molecule has 1 aromatic rings. The van der Waals surface area contributed by atoms with Crippen LogP contribution < -0.4 is 10.0 Å². The minimum atomic E-state index is 0.434. The van der Waals surface area contributed by atoms with Gasteiger partial charge in [0.1, 0.15) is 0 Å². The molecular formula is C18H28N2OS. The lowest BCUT2D eigenvalue weighted by Gasteiger charge is -2.33. The minimum absolute atomic E-state index is 0.434. The molecule has 1 aliphatic carbocycles. The summed E-state index contributed by atoms with van der Waals surface area (Å²) >= 11 is 1.72. The number of hydrogen-bond donors (Lipinski definition) is 2. The van der Waals surface area contributed by atoms with E-state index in [0.717, 1.165) is 13.2 Å². The standard InChI is InChI=1S/C18H28N2OS/c1-22-20-17-8-5-11-19-18(17)13-21-16-10-9-15(12-16)14-6-3-2-4-7-14/h2-4,6-7,15-20H,5,8-13H2,1H3/t15?,16?,17-,18-/m0/s1. The van der Waals surface area contributed by atoms with Gasteiger partial charge in [-0.3, -0.25) is 4.72 Å². The van der Waals surface area contributed by atoms with E-state index in [1.807, 2.05) is 0 Å². The van der Waals surface area contributed by atoms with Gasteiger partial charge in [0.25, 0.3) is 0 Å². The van der Waals surface area contributed by atoms with Gasteiger partial charge in [-0.1, -0.05) is 42.3 Å². The van der Waals surface area contributed by atoms with E-state index in [-0.39, 0.29) is 0 Å². The Morgan fingerprint density at radius 2 is 2.09 bits per heavy atom. The van der Waals surface area contributed by atoms with Crippen molar-refractivity contribution in [1.82, 2.24) is 10.0 Å². The van der Waals surface area contributed by atoms with Crippen LogP contribution in [-0.4, -0.2) is 37.6 Å². The molecule has 4 heteroatoms. The first-order valence-electron chi connectivity index (χ1n) is 8.55. The summed E-state index contributed by atoms with van der Waals surface area (Å²) < 4.78 is 9.78. The maximum absolute atomic E-state index is 6.26. The van der Waals surface area contributed by atoms with Gasteiger partial charge in [-0.05, 0) is 56.4 Å². The second-order valence-electron chi connectivity index (χ2n) is 6.51. The summed E-state index contributed by atoms with van der Waals surface area (Å²) in [6, 6.07) is 11.9. The van der Waals surface area contributed by atoms with E-state index in [4.69, 9.17) is 4.74 Å². The molecule has 2 unspecified atom stereocenters. The number of piperidine rings is 1. The maximum Gasteiger partial charge on any atom is 0.0638 e. The highest BCUT2D eigenvalue weighted by molar-refractivity contribution is 7.96. The van der Waals surface area contributed by atoms with Crippen molar-refractivity contribution in [3.63, 3.8) is 0 Å². The molecule has 2 aliphatic rings. The van der Waals surface area contributed by atoms with Crippen molar-refractivity contribution in [2.45, 2.75) is 56.2 Å². The van der Waals surface area contributed by atoms with Crippen LogP contribution in [0.3, 0.4) is 0 Å². The summed E-state index contributed by atoms with van der Waals surface area (Å²) in [6.45, 7) is 1.96. The molecule has 1 aliphatic heterocycles. The fourth-order valence-corrected chi connectivity index (χ4v) is 4.36. The summed E-state index contributed by atoms with van der Waals surface area (Å²) in [5.74, 6) is 0.686. The number of nitrogens with one attached hydrogen (secondary N) is 2. The first kappa shape index (κ1) is 16.3. The summed E-state index contributed by atoms with van der Waals surface area (Å²) in [5.41, 5.74) is 1.48. The van der Waals surface area contributed by atoms with E-state index < -0.39 is 0 Å². The van der Waals surface area contributed by atoms with Crippen LogP contribution in [0.5, 0.6) is 0 Å². The zero-order chi connectivity index (χ0) is 15.2. The van der Waals surface area contributed by atoms with Crippen molar-refractivity contribution in [1.29, 1.82) is 0 Å². The van der Waals surface area contributed by atoms with Crippen molar-refractivity contribution < 1.29 is 4.74 Å². The average molecular weight is 321 g/mol. The fraction of sp³-hybridized carbons (Fsp3) is 0.667. The molecule has 0 amide bonds. The first-order valence-corrected chi connectivity index (χ1v) is 9.77. The summed E-state index contributed by atoms with van der Waals surface area (Å²) in [5, 5.41) is 3.62. The average Bonchev–Trinajstić information content (AvgIpc) is 3.04. The molecule has 0 spiro atoms. The molecule has 3 rings (SSSR count). The zero-order valence-electron chi connectivity index (χ0n) is 13.5. The predicted molar refractivity (Wildman–Crippen MR) is 94.2 cm³/mol. The van der Waals surface area contributed by atoms with Crippen LogP contribution >= 0.6 is 11.9 Å². The molecule has 122 valence electrons. The molecule has 4 atom stereocenters. The van der Waals surface area contributed by atoms with E-state index in [9.17, 15) is 0 Å². The Kier molecular flexibility index (Phi) is 6.19. The molecule has 22 heavy (non-hydrogen) atoms. The van der Waals surface area contributed by atoms with Crippen molar-refractivity contribution in [2.24, 2.45) is 0 Å². The van der Waals surface area contributed by atoms with Crippen molar-refractivity contribution >= 4 is 11.9 Å². The van der Waals surface area contributed by atoms with Gasteiger partial charge >= 0.3 is 0 Å². The molecule has 1 saturated heterocycles. The second-order valence-corrected chi connectivity index (χ2v) is 7.15. The van der Waals surface area contributed by atoms with E-state index in [1.54, 1.807) is 11.9 Å². The van der Waals surface area contributed by atoms with Gasteiger partial charge in [0.05, 0.1) is 12.7 Å². The number of hydrogen-bond acceptors (Lipinski definition) is 4. The molecule has 0 bridgehead atoms. The van der Waals surface area contributed by atoms with E-state index in [1.165, 1.54) is 37.7 Å². The van der Waals surface area contributed by atoms with Crippen LogP contribution in [0.15, 0.2) is 30.3 Å². The molecule has 2 N–H and O–H groups in total. The Hall–Kier alpha value is -0.550. The third-order valence-corrected chi connectivity index (χ3v) is 5.56. The molecule has 3 nitrogen and oxygen atoms in total. The monoisotopic (exact) mass is 320 g/mol. The lowest BCUT2D eigenvalue weighted by molar-refractivity contribution is 0.0323. The van der Waals surface area contributed by atoms with E-state index in [2.05, 4.69) is 46.6 Å². The van der Waals surface area contributed by atoms with E-state index in [0.29, 0.717) is 24.1 Å². The van der Waals surface area contributed by atoms with Gasteiger partial charge in [-0.15, -0.1) is 0 Å². The van der Waals surface area contributed by atoms with Gasteiger partial charge in [-0.25, -0.2) is 0 Å². The van der Waals surface area contributed by atoms with Gasteiger partial charge in [0, 0.05) is 12.1 Å². The lowest BCUT2D eigenvalue weighted by Crippen LogP contribution is -2.52. The molecular weight excluding hydrogens is 292 g/mol. The Morgan fingerprint density at radius 1 is 1.23 bits per heavy atom. The van der Waals surface area contributed by atoms with Crippen molar-refractivity contribution in [2.75, 3.05) is 19.4 Å². The first-order chi connectivity index (χ1) is 10.9. The Bertz CT molecular complexity index is 440. The Labute approximate surface area is 138 Å². The van der Waals surface area contributed by atoms with E-state index >= 15 is 0 Å². The fourth-order valence-electron chi connectivity index (χ4n) is 3.78. The lowest BCUT2D eigenvalue weighted by atomic mass is 9.98. The molecule has 0 radical (unpaired) electrons. The molecule has 1 saturated carbocycles. The number of ether oxygens (including phenoxy) is 1. The van der Waals surface area contributed by atoms with Gasteiger partial charge < -0.3 is 10.1 Å². The maximum atomic E-state index is 6.26. The third kappa shape index (κ3) is 4.25. The van der Waals surface area contributed by atoms with Crippen molar-refractivity contribution in [3.05, 3.63) is 35.9 Å². The summed E-state index contributed by atoms with van der Waals surface area (Å²) in [4.78, 5) is 0. The van der Waals surface area contributed by atoms with Gasteiger partial charge in [0.15, 0.2) is 0 Å². The van der Waals surface area contributed by atoms with Crippen LogP contribution in [0.4, 0.5) is 0 Å². The molecule has 1 aromatic carbocycles. The van der Waals surface area contributed by atoms with Crippen LogP contribution in [0, 0.1) is 0 Å². The van der Waals surface area contributed by atoms with Gasteiger partial charge in [-0.2, -0.15) is 0 Å². The highest BCUT2D eigenvalue weighted by atomic mass is 32.2. The van der Waals surface area contributed by atoms with Gasteiger partial charge in [0.2, 0.25) is 0 Å². The zero-order valence-corrected chi connectivity index (χ0v) is 14.3. The minimum Gasteiger partial charge on any atom is -0.377 e. The predicted octanol–water partition coefficient (Wildman–Crippen LogP) is 3.33. The SMILES string of the molecule is CSN[C@H]1CCCN[C@H]1COC1CCC(c2ccccc2)C1. The van der Waals surface area contributed by atoms with Crippen LogP contribution in [0.25, 0.3) is 0 Å². The highest BCUT2D eigenvalue weighted by Gasteiger charge is 2.29.